The minimum Gasteiger partial charge on any atom is -0.353 e. The van der Waals surface area contributed by atoms with Gasteiger partial charge in [0.25, 0.3) is 0 Å². The summed E-state index contributed by atoms with van der Waals surface area (Å²) >= 11 is 0. The van der Waals surface area contributed by atoms with Crippen molar-refractivity contribution in [1.29, 1.82) is 0 Å². The average Bonchev–Trinajstić information content (AvgIpc) is 3.33. The predicted molar refractivity (Wildman–Crippen MR) is 86.4 cm³/mol. The SMILES string of the molecule is c1ccc(CN2CC3CC3CC2COC2CCCCO2)cc1. The van der Waals surface area contributed by atoms with Gasteiger partial charge in [-0.2, -0.15) is 0 Å². The minimum atomic E-state index is 0.0456. The topological polar surface area (TPSA) is 21.7 Å². The second-order valence-corrected chi connectivity index (χ2v) is 7.19. The van der Waals surface area contributed by atoms with Gasteiger partial charge in [-0.1, -0.05) is 30.3 Å². The lowest BCUT2D eigenvalue weighted by Gasteiger charge is -2.36. The molecule has 2 saturated heterocycles. The van der Waals surface area contributed by atoms with Gasteiger partial charge in [-0.05, 0) is 49.5 Å². The van der Waals surface area contributed by atoms with Gasteiger partial charge in [-0.3, -0.25) is 4.90 Å². The first-order valence-electron chi connectivity index (χ1n) is 8.89. The molecule has 4 atom stereocenters. The van der Waals surface area contributed by atoms with Crippen molar-refractivity contribution >= 4 is 0 Å². The fraction of sp³-hybridized carbons (Fsp3) is 0.684. The molecule has 0 amide bonds. The largest absolute Gasteiger partial charge is 0.353 e. The number of rotatable bonds is 5. The van der Waals surface area contributed by atoms with Gasteiger partial charge >= 0.3 is 0 Å². The van der Waals surface area contributed by atoms with Crippen LogP contribution in [0, 0.1) is 11.8 Å². The van der Waals surface area contributed by atoms with Crippen molar-refractivity contribution in [3.05, 3.63) is 35.9 Å². The van der Waals surface area contributed by atoms with Crippen LogP contribution in [0.5, 0.6) is 0 Å². The van der Waals surface area contributed by atoms with Crippen molar-refractivity contribution in [3.8, 4) is 0 Å². The Morgan fingerprint density at radius 1 is 1.09 bits per heavy atom. The molecule has 1 aliphatic carbocycles. The van der Waals surface area contributed by atoms with Gasteiger partial charge in [-0.15, -0.1) is 0 Å². The normalized spacial score (nSPS) is 35.1. The maximum atomic E-state index is 6.09. The number of hydrogen-bond donors (Lipinski definition) is 0. The maximum absolute atomic E-state index is 6.09. The summed E-state index contributed by atoms with van der Waals surface area (Å²) in [6.07, 6.45) is 6.29. The van der Waals surface area contributed by atoms with E-state index >= 15 is 0 Å². The van der Waals surface area contributed by atoms with Crippen LogP contribution in [0.1, 0.15) is 37.7 Å². The van der Waals surface area contributed by atoms with Gasteiger partial charge in [0.2, 0.25) is 0 Å². The maximum Gasteiger partial charge on any atom is 0.157 e. The molecule has 0 radical (unpaired) electrons. The monoisotopic (exact) mass is 301 g/mol. The lowest BCUT2D eigenvalue weighted by Crippen LogP contribution is -2.44. The predicted octanol–water partition coefficient (Wildman–Crippen LogP) is 3.44. The van der Waals surface area contributed by atoms with E-state index in [4.69, 9.17) is 9.47 Å². The first-order chi connectivity index (χ1) is 10.9. The first kappa shape index (κ1) is 14.7. The van der Waals surface area contributed by atoms with Crippen LogP contribution in [0.15, 0.2) is 30.3 Å². The zero-order chi connectivity index (χ0) is 14.8. The molecular weight excluding hydrogens is 274 g/mol. The van der Waals surface area contributed by atoms with E-state index in [1.807, 2.05) is 0 Å². The molecule has 2 aliphatic heterocycles. The highest BCUT2D eigenvalue weighted by molar-refractivity contribution is 5.15. The van der Waals surface area contributed by atoms with Gasteiger partial charge in [-0.25, -0.2) is 0 Å². The van der Waals surface area contributed by atoms with Crippen molar-refractivity contribution in [2.24, 2.45) is 11.8 Å². The molecule has 22 heavy (non-hydrogen) atoms. The number of fused-ring (bicyclic) bond motifs is 1. The Bertz CT molecular complexity index is 472. The van der Waals surface area contributed by atoms with Crippen LogP contribution < -0.4 is 0 Å². The first-order valence-corrected chi connectivity index (χ1v) is 8.89. The quantitative estimate of drug-likeness (QED) is 0.831. The number of benzene rings is 1. The molecule has 0 N–H and O–H groups in total. The zero-order valence-electron chi connectivity index (χ0n) is 13.3. The Labute approximate surface area is 133 Å². The molecule has 2 heterocycles. The molecule has 3 fully saturated rings. The molecule has 1 aromatic rings. The lowest BCUT2D eigenvalue weighted by molar-refractivity contribution is -0.173. The van der Waals surface area contributed by atoms with Crippen LogP contribution in [0.25, 0.3) is 0 Å². The summed E-state index contributed by atoms with van der Waals surface area (Å²) in [5, 5.41) is 0. The van der Waals surface area contributed by atoms with Gasteiger partial charge in [0.15, 0.2) is 6.29 Å². The molecule has 4 unspecified atom stereocenters. The van der Waals surface area contributed by atoms with E-state index in [-0.39, 0.29) is 6.29 Å². The van der Waals surface area contributed by atoms with Crippen LogP contribution >= 0.6 is 0 Å². The van der Waals surface area contributed by atoms with E-state index < -0.39 is 0 Å². The number of hydrogen-bond acceptors (Lipinski definition) is 3. The molecule has 3 nitrogen and oxygen atoms in total. The summed E-state index contributed by atoms with van der Waals surface area (Å²) in [5.41, 5.74) is 1.42. The standard InChI is InChI=1S/C19H27NO2/c1-2-6-15(7-3-1)12-20-13-17-10-16(17)11-18(20)14-22-19-8-4-5-9-21-19/h1-3,6-7,16-19H,4-5,8-14H2. The van der Waals surface area contributed by atoms with Crippen LogP contribution in [-0.2, 0) is 16.0 Å². The van der Waals surface area contributed by atoms with Crippen molar-refractivity contribution < 1.29 is 9.47 Å². The summed E-state index contributed by atoms with van der Waals surface area (Å²) in [6.45, 7) is 4.01. The highest BCUT2D eigenvalue weighted by atomic mass is 16.7. The molecule has 120 valence electrons. The van der Waals surface area contributed by atoms with Crippen molar-refractivity contribution in [2.45, 2.75) is 51.0 Å². The molecular formula is C19H27NO2. The molecule has 0 spiro atoms. The van der Waals surface area contributed by atoms with Crippen molar-refractivity contribution in [1.82, 2.24) is 4.90 Å². The third kappa shape index (κ3) is 3.53. The number of ether oxygens (including phenoxy) is 2. The van der Waals surface area contributed by atoms with E-state index in [1.54, 1.807) is 0 Å². The van der Waals surface area contributed by atoms with E-state index in [0.29, 0.717) is 6.04 Å². The van der Waals surface area contributed by atoms with Crippen LogP contribution in [0.3, 0.4) is 0 Å². The van der Waals surface area contributed by atoms with E-state index in [2.05, 4.69) is 35.2 Å². The van der Waals surface area contributed by atoms with Gasteiger partial charge in [0.1, 0.15) is 0 Å². The third-order valence-electron chi connectivity index (χ3n) is 5.47. The summed E-state index contributed by atoms with van der Waals surface area (Å²) < 4.78 is 11.8. The Morgan fingerprint density at radius 3 is 2.82 bits per heavy atom. The van der Waals surface area contributed by atoms with Crippen LogP contribution in [-0.4, -0.2) is 37.0 Å². The fourth-order valence-corrected chi connectivity index (χ4v) is 4.02. The Balaban J connectivity index is 1.35. The lowest BCUT2D eigenvalue weighted by atomic mass is 10.0. The highest BCUT2D eigenvalue weighted by Gasteiger charge is 2.45. The van der Waals surface area contributed by atoms with Gasteiger partial charge in [0.05, 0.1) is 6.61 Å². The molecule has 1 saturated carbocycles. The summed E-state index contributed by atoms with van der Waals surface area (Å²) in [5.74, 6) is 1.92. The zero-order valence-corrected chi connectivity index (χ0v) is 13.3. The Morgan fingerprint density at radius 2 is 2.00 bits per heavy atom. The van der Waals surface area contributed by atoms with E-state index in [1.165, 1.54) is 37.8 Å². The summed E-state index contributed by atoms with van der Waals surface area (Å²) in [7, 11) is 0. The average molecular weight is 301 g/mol. The summed E-state index contributed by atoms with van der Waals surface area (Å²) in [6, 6.07) is 11.4. The highest BCUT2D eigenvalue weighted by Crippen LogP contribution is 2.47. The molecule has 3 heteroatoms. The Kier molecular flexibility index (Phi) is 4.47. The smallest absolute Gasteiger partial charge is 0.157 e. The number of likely N-dealkylation sites (tertiary alicyclic amines) is 1. The molecule has 0 bridgehead atoms. The van der Waals surface area contributed by atoms with Crippen molar-refractivity contribution in [2.75, 3.05) is 19.8 Å². The van der Waals surface area contributed by atoms with Crippen molar-refractivity contribution in [3.63, 3.8) is 0 Å². The van der Waals surface area contributed by atoms with E-state index in [0.717, 1.165) is 38.0 Å². The third-order valence-corrected chi connectivity index (χ3v) is 5.47. The number of nitrogens with zero attached hydrogens (tertiary/aromatic N) is 1. The number of piperidine rings is 1. The van der Waals surface area contributed by atoms with Crippen LogP contribution in [0.4, 0.5) is 0 Å². The molecule has 0 aromatic heterocycles. The molecule has 4 rings (SSSR count). The second-order valence-electron chi connectivity index (χ2n) is 7.19. The van der Waals surface area contributed by atoms with Crippen LogP contribution in [0.2, 0.25) is 0 Å². The van der Waals surface area contributed by atoms with E-state index in [9.17, 15) is 0 Å². The molecule has 1 aromatic carbocycles. The summed E-state index contributed by atoms with van der Waals surface area (Å²) in [4.78, 5) is 2.65. The minimum absolute atomic E-state index is 0.0456. The van der Waals surface area contributed by atoms with Gasteiger partial charge in [0, 0.05) is 25.7 Å². The Hall–Kier alpha value is -0.900. The second kappa shape index (κ2) is 6.69. The van der Waals surface area contributed by atoms with Gasteiger partial charge < -0.3 is 9.47 Å². The fourth-order valence-electron chi connectivity index (χ4n) is 4.02. The molecule has 3 aliphatic rings.